The first-order valence-electron chi connectivity index (χ1n) is 5.82. The monoisotopic (exact) mass is 222 g/mol. The van der Waals surface area contributed by atoms with Crippen LogP contribution < -0.4 is 5.32 Å². The van der Waals surface area contributed by atoms with Gasteiger partial charge in [0.05, 0.1) is 0 Å². The van der Waals surface area contributed by atoms with Crippen LogP contribution in [0.3, 0.4) is 0 Å². The van der Waals surface area contributed by atoms with Gasteiger partial charge in [0.25, 0.3) is 0 Å². The van der Waals surface area contributed by atoms with Crippen molar-refractivity contribution < 1.29 is 4.39 Å². The first-order valence-corrected chi connectivity index (χ1v) is 5.82. The molecule has 0 aromatic heterocycles. The highest BCUT2D eigenvalue weighted by atomic mass is 19.1. The zero-order valence-corrected chi connectivity index (χ0v) is 9.91. The van der Waals surface area contributed by atoms with E-state index in [2.05, 4.69) is 10.2 Å². The first-order chi connectivity index (χ1) is 7.68. The van der Waals surface area contributed by atoms with Crippen molar-refractivity contribution in [3.63, 3.8) is 0 Å². The summed E-state index contributed by atoms with van der Waals surface area (Å²) < 4.78 is 13.7. The number of halogens is 1. The van der Waals surface area contributed by atoms with Crippen molar-refractivity contribution >= 4 is 0 Å². The standard InChI is InChI=1S/C13H19FN2/c1-16(2)13(9-15-10-7-8-10)11-5-3-4-6-12(11)14/h3-6,10,13,15H,7-9H2,1-2H3. The van der Waals surface area contributed by atoms with Crippen LogP contribution in [0.1, 0.15) is 24.4 Å². The number of hydrogen-bond donors (Lipinski definition) is 1. The minimum absolute atomic E-state index is 0.112. The lowest BCUT2D eigenvalue weighted by atomic mass is 10.1. The predicted molar refractivity (Wildman–Crippen MR) is 63.9 cm³/mol. The average molecular weight is 222 g/mol. The summed E-state index contributed by atoms with van der Waals surface area (Å²) in [5.74, 6) is -0.112. The Morgan fingerprint density at radius 2 is 2.06 bits per heavy atom. The molecule has 1 unspecified atom stereocenters. The second-order valence-corrected chi connectivity index (χ2v) is 4.68. The second-order valence-electron chi connectivity index (χ2n) is 4.68. The molecule has 2 rings (SSSR count). The molecule has 1 saturated carbocycles. The molecule has 0 amide bonds. The van der Waals surface area contributed by atoms with E-state index in [9.17, 15) is 4.39 Å². The third kappa shape index (κ3) is 2.80. The van der Waals surface area contributed by atoms with Crippen molar-refractivity contribution in [1.82, 2.24) is 10.2 Å². The molecule has 16 heavy (non-hydrogen) atoms. The Labute approximate surface area is 96.5 Å². The zero-order valence-electron chi connectivity index (χ0n) is 9.91. The quantitative estimate of drug-likeness (QED) is 0.821. The molecule has 1 aliphatic carbocycles. The lowest BCUT2D eigenvalue weighted by Crippen LogP contribution is -2.32. The Hall–Kier alpha value is -0.930. The van der Waals surface area contributed by atoms with Gasteiger partial charge in [0, 0.05) is 24.2 Å². The van der Waals surface area contributed by atoms with Crippen molar-refractivity contribution in [2.45, 2.75) is 24.9 Å². The van der Waals surface area contributed by atoms with E-state index < -0.39 is 0 Å². The maximum Gasteiger partial charge on any atom is 0.128 e. The fourth-order valence-corrected chi connectivity index (χ4v) is 1.88. The topological polar surface area (TPSA) is 15.3 Å². The van der Waals surface area contributed by atoms with Crippen LogP contribution in [-0.2, 0) is 0 Å². The van der Waals surface area contributed by atoms with Gasteiger partial charge in [-0.05, 0) is 33.0 Å². The molecule has 3 heteroatoms. The van der Waals surface area contributed by atoms with Gasteiger partial charge in [-0.25, -0.2) is 4.39 Å². The summed E-state index contributed by atoms with van der Waals surface area (Å²) in [6.07, 6.45) is 2.52. The van der Waals surface area contributed by atoms with Gasteiger partial charge >= 0.3 is 0 Å². The van der Waals surface area contributed by atoms with Crippen LogP contribution in [0.5, 0.6) is 0 Å². The molecule has 0 bridgehead atoms. The molecule has 0 aliphatic heterocycles. The van der Waals surface area contributed by atoms with Crippen LogP contribution in [0.4, 0.5) is 4.39 Å². The number of rotatable bonds is 5. The number of nitrogens with zero attached hydrogens (tertiary/aromatic N) is 1. The molecule has 0 radical (unpaired) electrons. The van der Waals surface area contributed by atoms with Crippen LogP contribution in [0.25, 0.3) is 0 Å². The minimum atomic E-state index is -0.112. The molecule has 2 nitrogen and oxygen atoms in total. The van der Waals surface area contributed by atoms with Gasteiger partial charge in [-0.15, -0.1) is 0 Å². The number of hydrogen-bond acceptors (Lipinski definition) is 2. The molecule has 1 aliphatic rings. The Morgan fingerprint density at radius 1 is 1.38 bits per heavy atom. The highest BCUT2D eigenvalue weighted by molar-refractivity contribution is 5.21. The highest BCUT2D eigenvalue weighted by Gasteiger charge is 2.24. The van der Waals surface area contributed by atoms with Gasteiger partial charge in [-0.2, -0.15) is 0 Å². The molecular formula is C13H19FN2. The molecule has 0 heterocycles. The first kappa shape index (κ1) is 11.6. The van der Waals surface area contributed by atoms with Crippen molar-refractivity contribution in [2.75, 3.05) is 20.6 Å². The fraction of sp³-hybridized carbons (Fsp3) is 0.538. The summed E-state index contributed by atoms with van der Waals surface area (Å²) in [4.78, 5) is 2.06. The van der Waals surface area contributed by atoms with Gasteiger partial charge in [0.1, 0.15) is 5.82 Å². The summed E-state index contributed by atoms with van der Waals surface area (Å²) in [5.41, 5.74) is 0.778. The van der Waals surface area contributed by atoms with Crippen molar-refractivity contribution in [3.8, 4) is 0 Å². The van der Waals surface area contributed by atoms with Gasteiger partial charge in [0.2, 0.25) is 0 Å². The van der Waals surface area contributed by atoms with Gasteiger partial charge in [0.15, 0.2) is 0 Å². The van der Waals surface area contributed by atoms with E-state index in [-0.39, 0.29) is 11.9 Å². The van der Waals surface area contributed by atoms with Gasteiger partial charge < -0.3 is 10.2 Å². The van der Waals surface area contributed by atoms with Crippen LogP contribution in [0, 0.1) is 5.82 Å². The maximum atomic E-state index is 13.7. The molecule has 0 saturated heterocycles. The Bertz CT molecular complexity index is 348. The smallest absolute Gasteiger partial charge is 0.128 e. The number of nitrogens with one attached hydrogen (secondary N) is 1. The highest BCUT2D eigenvalue weighted by Crippen LogP contribution is 2.23. The predicted octanol–water partition coefficient (Wildman–Crippen LogP) is 2.18. The molecule has 1 N–H and O–H groups in total. The third-order valence-electron chi connectivity index (χ3n) is 3.06. The largest absolute Gasteiger partial charge is 0.312 e. The molecule has 88 valence electrons. The van der Waals surface area contributed by atoms with Crippen LogP contribution in [-0.4, -0.2) is 31.6 Å². The minimum Gasteiger partial charge on any atom is -0.312 e. The van der Waals surface area contributed by atoms with E-state index >= 15 is 0 Å². The molecular weight excluding hydrogens is 203 g/mol. The van der Waals surface area contributed by atoms with Crippen LogP contribution >= 0.6 is 0 Å². The van der Waals surface area contributed by atoms with E-state index in [1.165, 1.54) is 18.9 Å². The molecule has 1 atom stereocenters. The summed E-state index contributed by atoms with van der Waals surface area (Å²) >= 11 is 0. The second kappa shape index (κ2) is 4.93. The molecule has 1 aromatic rings. The van der Waals surface area contributed by atoms with E-state index in [1.54, 1.807) is 6.07 Å². The molecule has 1 fully saturated rings. The van der Waals surface area contributed by atoms with E-state index in [1.807, 2.05) is 26.2 Å². The fourth-order valence-electron chi connectivity index (χ4n) is 1.88. The van der Waals surface area contributed by atoms with Crippen LogP contribution in [0.15, 0.2) is 24.3 Å². The average Bonchev–Trinajstić information content (AvgIpc) is 3.04. The normalized spacial score (nSPS) is 17.8. The zero-order chi connectivity index (χ0) is 11.5. The molecule has 1 aromatic carbocycles. The summed E-state index contributed by atoms with van der Waals surface area (Å²) in [5, 5.41) is 3.46. The Kier molecular flexibility index (Phi) is 3.56. The summed E-state index contributed by atoms with van der Waals surface area (Å²) in [6.45, 7) is 0.818. The van der Waals surface area contributed by atoms with Gasteiger partial charge in [-0.3, -0.25) is 0 Å². The SMILES string of the molecule is CN(C)C(CNC1CC1)c1ccccc1F. The van der Waals surface area contributed by atoms with Crippen molar-refractivity contribution in [3.05, 3.63) is 35.6 Å². The van der Waals surface area contributed by atoms with E-state index in [0.717, 1.165) is 12.1 Å². The Morgan fingerprint density at radius 3 is 2.62 bits per heavy atom. The Balaban J connectivity index is 2.08. The lowest BCUT2D eigenvalue weighted by molar-refractivity contribution is 0.281. The van der Waals surface area contributed by atoms with Crippen molar-refractivity contribution in [1.29, 1.82) is 0 Å². The number of likely N-dealkylation sites (N-methyl/N-ethyl adjacent to an activating group) is 1. The van der Waals surface area contributed by atoms with Gasteiger partial charge in [-0.1, -0.05) is 18.2 Å². The van der Waals surface area contributed by atoms with Crippen molar-refractivity contribution in [2.24, 2.45) is 0 Å². The maximum absolute atomic E-state index is 13.7. The summed E-state index contributed by atoms with van der Waals surface area (Å²) in [6, 6.07) is 7.81. The number of benzene rings is 1. The van der Waals surface area contributed by atoms with E-state index in [0.29, 0.717) is 6.04 Å². The third-order valence-corrected chi connectivity index (χ3v) is 3.06. The summed E-state index contributed by atoms with van der Waals surface area (Å²) in [7, 11) is 3.98. The van der Waals surface area contributed by atoms with E-state index in [4.69, 9.17) is 0 Å². The molecule has 0 spiro atoms. The van der Waals surface area contributed by atoms with Crippen LogP contribution in [0.2, 0.25) is 0 Å². The lowest BCUT2D eigenvalue weighted by Gasteiger charge is -2.25.